The van der Waals surface area contributed by atoms with Crippen LogP contribution in [0.4, 0.5) is 10.5 Å². The lowest BCUT2D eigenvalue weighted by atomic mass is 10.0. The Morgan fingerprint density at radius 3 is 2.73 bits per heavy atom. The second-order valence-corrected chi connectivity index (χ2v) is 6.73. The van der Waals surface area contributed by atoms with E-state index in [4.69, 9.17) is 4.74 Å². The molecule has 0 bridgehead atoms. The van der Waals surface area contributed by atoms with Crippen LogP contribution in [0.1, 0.15) is 26.2 Å². The molecule has 26 heavy (non-hydrogen) atoms. The first kappa shape index (κ1) is 18.2. The Labute approximate surface area is 153 Å². The van der Waals surface area contributed by atoms with E-state index in [9.17, 15) is 14.4 Å². The van der Waals surface area contributed by atoms with E-state index >= 15 is 0 Å². The number of nitrogens with one attached hydrogen (secondary N) is 1. The molecule has 0 radical (unpaired) electrons. The van der Waals surface area contributed by atoms with Crippen LogP contribution in [0, 0.1) is 5.92 Å². The lowest BCUT2D eigenvalue weighted by molar-refractivity contribution is -0.137. The lowest BCUT2D eigenvalue weighted by Gasteiger charge is -2.34. The molecule has 7 heteroatoms. The molecule has 1 aromatic rings. The fourth-order valence-corrected chi connectivity index (χ4v) is 3.62. The number of para-hydroxylation sites is 1. The van der Waals surface area contributed by atoms with Crippen LogP contribution in [-0.2, 0) is 14.3 Å². The Bertz CT molecular complexity index is 664. The fraction of sp³-hybridized carbons (Fsp3) is 0.526. The number of hydrogen-bond acceptors (Lipinski definition) is 4. The van der Waals surface area contributed by atoms with Crippen molar-refractivity contribution in [3.8, 4) is 0 Å². The van der Waals surface area contributed by atoms with Crippen molar-refractivity contribution in [1.82, 2.24) is 10.2 Å². The molecular formula is C19H25N3O4. The molecule has 2 aliphatic rings. The number of likely N-dealkylation sites (tertiary alicyclic amines) is 1. The zero-order valence-corrected chi connectivity index (χ0v) is 15.0. The summed E-state index contributed by atoms with van der Waals surface area (Å²) in [7, 11) is 0. The number of alkyl carbamates (subject to hydrolysis) is 1. The molecule has 2 aliphatic heterocycles. The molecule has 0 spiro atoms. The van der Waals surface area contributed by atoms with E-state index in [-0.39, 0.29) is 30.2 Å². The summed E-state index contributed by atoms with van der Waals surface area (Å²) in [6.07, 6.45) is 1.44. The Balaban J connectivity index is 1.59. The summed E-state index contributed by atoms with van der Waals surface area (Å²) in [5, 5.41) is 2.81. The van der Waals surface area contributed by atoms with Crippen LogP contribution in [-0.4, -0.2) is 55.1 Å². The van der Waals surface area contributed by atoms with Crippen molar-refractivity contribution in [2.24, 2.45) is 5.92 Å². The molecule has 0 aliphatic carbocycles. The number of piperidine rings is 1. The molecule has 1 N–H and O–H groups in total. The first-order valence-corrected chi connectivity index (χ1v) is 9.16. The third kappa shape index (κ3) is 4.15. The van der Waals surface area contributed by atoms with Gasteiger partial charge in [0, 0.05) is 37.8 Å². The van der Waals surface area contributed by atoms with Gasteiger partial charge in [0.05, 0.1) is 12.5 Å². The highest BCUT2D eigenvalue weighted by Crippen LogP contribution is 2.27. The van der Waals surface area contributed by atoms with Gasteiger partial charge in [0.2, 0.25) is 11.8 Å². The third-order valence-electron chi connectivity index (χ3n) is 4.87. The van der Waals surface area contributed by atoms with E-state index in [0.29, 0.717) is 26.2 Å². The molecule has 2 heterocycles. The van der Waals surface area contributed by atoms with Crippen molar-refractivity contribution in [3.63, 3.8) is 0 Å². The number of anilines is 1. The molecule has 2 atom stereocenters. The Hall–Kier alpha value is -2.57. The SMILES string of the molecule is CCOC(=O)N[C@H]1CCCN(C(=O)[C@H]2CC(=O)N(c3ccccc3)C2)C1. The predicted molar refractivity (Wildman–Crippen MR) is 96.7 cm³/mol. The van der Waals surface area contributed by atoms with Gasteiger partial charge in [0.15, 0.2) is 0 Å². The minimum atomic E-state index is -0.446. The Morgan fingerprint density at radius 1 is 1.23 bits per heavy atom. The van der Waals surface area contributed by atoms with Crippen molar-refractivity contribution in [2.75, 3.05) is 31.1 Å². The van der Waals surface area contributed by atoms with Crippen molar-refractivity contribution >= 4 is 23.6 Å². The maximum Gasteiger partial charge on any atom is 0.407 e. The van der Waals surface area contributed by atoms with E-state index in [1.807, 2.05) is 30.3 Å². The molecular weight excluding hydrogens is 334 g/mol. The lowest BCUT2D eigenvalue weighted by Crippen LogP contribution is -2.51. The summed E-state index contributed by atoms with van der Waals surface area (Å²) in [6, 6.07) is 9.32. The maximum atomic E-state index is 12.9. The predicted octanol–water partition coefficient (Wildman–Crippen LogP) is 1.78. The summed E-state index contributed by atoms with van der Waals surface area (Å²) in [5.41, 5.74) is 0.827. The Kier molecular flexibility index (Phi) is 5.75. The molecule has 3 rings (SSSR count). The number of benzene rings is 1. The summed E-state index contributed by atoms with van der Waals surface area (Å²) in [5.74, 6) is -0.357. The van der Waals surface area contributed by atoms with Crippen LogP contribution < -0.4 is 10.2 Å². The third-order valence-corrected chi connectivity index (χ3v) is 4.87. The average Bonchev–Trinajstić information content (AvgIpc) is 3.04. The van der Waals surface area contributed by atoms with Crippen molar-refractivity contribution in [2.45, 2.75) is 32.2 Å². The number of amides is 3. The number of carbonyl (C=O) groups excluding carboxylic acids is 3. The largest absolute Gasteiger partial charge is 0.450 e. The molecule has 140 valence electrons. The van der Waals surface area contributed by atoms with Crippen LogP contribution >= 0.6 is 0 Å². The topological polar surface area (TPSA) is 79.0 Å². The Morgan fingerprint density at radius 2 is 2.00 bits per heavy atom. The van der Waals surface area contributed by atoms with Gasteiger partial charge >= 0.3 is 6.09 Å². The number of hydrogen-bond donors (Lipinski definition) is 1. The molecule has 1 aromatic carbocycles. The second-order valence-electron chi connectivity index (χ2n) is 6.73. The zero-order chi connectivity index (χ0) is 18.5. The minimum absolute atomic E-state index is 0.00728. The smallest absolute Gasteiger partial charge is 0.407 e. The van der Waals surface area contributed by atoms with Gasteiger partial charge in [0.1, 0.15) is 0 Å². The molecule has 7 nitrogen and oxygen atoms in total. The summed E-state index contributed by atoms with van der Waals surface area (Å²) in [6.45, 7) is 3.62. The van der Waals surface area contributed by atoms with Crippen molar-refractivity contribution in [1.29, 1.82) is 0 Å². The first-order chi connectivity index (χ1) is 12.6. The van der Waals surface area contributed by atoms with E-state index in [2.05, 4.69) is 5.32 Å². The van der Waals surface area contributed by atoms with Crippen LogP contribution in [0.5, 0.6) is 0 Å². The van der Waals surface area contributed by atoms with Crippen LogP contribution in [0.3, 0.4) is 0 Å². The number of rotatable bonds is 4. The van der Waals surface area contributed by atoms with Gasteiger partial charge in [-0.3, -0.25) is 9.59 Å². The van der Waals surface area contributed by atoms with E-state index in [0.717, 1.165) is 18.5 Å². The zero-order valence-electron chi connectivity index (χ0n) is 15.0. The van der Waals surface area contributed by atoms with Gasteiger partial charge in [-0.15, -0.1) is 0 Å². The minimum Gasteiger partial charge on any atom is -0.450 e. The highest BCUT2D eigenvalue weighted by Gasteiger charge is 2.38. The highest BCUT2D eigenvalue weighted by molar-refractivity contribution is 6.00. The normalized spacial score (nSPS) is 23.0. The van der Waals surface area contributed by atoms with E-state index in [1.165, 1.54) is 0 Å². The monoisotopic (exact) mass is 359 g/mol. The number of nitrogens with zero attached hydrogens (tertiary/aromatic N) is 2. The number of carbonyl (C=O) groups is 3. The first-order valence-electron chi connectivity index (χ1n) is 9.16. The van der Waals surface area contributed by atoms with Gasteiger partial charge in [-0.05, 0) is 31.9 Å². The molecule has 0 saturated carbocycles. The van der Waals surface area contributed by atoms with Crippen molar-refractivity contribution < 1.29 is 19.1 Å². The molecule has 2 fully saturated rings. The van der Waals surface area contributed by atoms with Crippen molar-refractivity contribution in [3.05, 3.63) is 30.3 Å². The van der Waals surface area contributed by atoms with Gasteiger partial charge in [0.25, 0.3) is 0 Å². The summed E-state index contributed by atoms with van der Waals surface area (Å²) in [4.78, 5) is 40.3. The van der Waals surface area contributed by atoms with E-state index < -0.39 is 6.09 Å². The highest BCUT2D eigenvalue weighted by atomic mass is 16.5. The summed E-state index contributed by atoms with van der Waals surface area (Å²) >= 11 is 0. The van der Waals surface area contributed by atoms with Gasteiger partial charge in [-0.2, -0.15) is 0 Å². The molecule has 3 amide bonds. The second kappa shape index (κ2) is 8.21. The van der Waals surface area contributed by atoms with Gasteiger partial charge in [-0.1, -0.05) is 18.2 Å². The quantitative estimate of drug-likeness (QED) is 0.889. The molecule has 2 saturated heterocycles. The van der Waals surface area contributed by atoms with E-state index in [1.54, 1.807) is 16.7 Å². The molecule has 0 aromatic heterocycles. The standard InChI is InChI=1S/C19H25N3O4/c1-2-26-19(25)20-15-7-6-10-21(13-15)18(24)14-11-17(23)22(12-14)16-8-4-3-5-9-16/h3-5,8-9,14-15H,2,6-7,10-13H2,1H3,(H,20,25)/t14-,15-/m0/s1. The van der Waals surface area contributed by atoms with Gasteiger partial charge < -0.3 is 19.9 Å². The molecule has 0 unspecified atom stereocenters. The van der Waals surface area contributed by atoms with Crippen LogP contribution in [0.15, 0.2) is 30.3 Å². The average molecular weight is 359 g/mol. The fourth-order valence-electron chi connectivity index (χ4n) is 3.62. The summed E-state index contributed by atoms with van der Waals surface area (Å²) < 4.78 is 4.91. The van der Waals surface area contributed by atoms with Crippen LogP contribution in [0.2, 0.25) is 0 Å². The van der Waals surface area contributed by atoms with Gasteiger partial charge in [-0.25, -0.2) is 4.79 Å². The number of ether oxygens (including phenoxy) is 1. The maximum absolute atomic E-state index is 12.9. The van der Waals surface area contributed by atoms with Crippen LogP contribution in [0.25, 0.3) is 0 Å².